The van der Waals surface area contributed by atoms with E-state index in [4.69, 9.17) is 5.11 Å². The SMILES string of the molecule is C=CC(=O)O.C=CC(=O)OCCNC. The summed E-state index contributed by atoms with van der Waals surface area (Å²) in [5.74, 6) is -1.35. The fourth-order valence-electron chi connectivity index (χ4n) is 0.313. The largest absolute Gasteiger partial charge is 0.478 e. The molecule has 0 aliphatic heterocycles. The summed E-state index contributed by atoms with van der Waals surface area (Å²) in [5.41, 5.74) is 0. The molecule has 0 spiro atoms. The van der Waals surface area contributed by atoms with Crippen LogP contribution in [0.3, 0.4) is 0 Å². The molecule has 0 bridgehead atoms. The molecule has 5 nitrogen and oxygen atoms in total. The number of hydrogen-bond acceptors (Lipinski definition) is 4. The van der Waals surface area contributed by atoms with Crippen molar-refractivity contribution >= 4 is 11.9 Å². The Labute approximate surface area is 83.1 Å². The molecule has 2 N–H and O–H groups in total. The fourth-order valence-corrected chi connectivity index (χ4v) is 0.313. The maximum Gasteiger partial charge on any atom is 0.330 e. The zero-order valence-electron chi connectivity index (χ0n) is 8.16. The topological polar surface area (TPSA) is 75.6 Å². The number of aliphatic carboxylic acids is 1. The molecule has 0 amide bonds. The first-order chi connectivity index (χ1) is 6.58. The molecule has 0 aromatic heterocycles. The molecule has 0 atom stereocenters. The van der Waals surface area contributed by atoms with E-state index in [9.17, 15) is 9.59 Å². The fraction of sp³-hybridized carbons (Fsp3) is 0.333. The van der Waals surface area contributed by atoms with E-state index in [-0.39, 0.29) is 5.97 Å². The van der Waals surface area contributed by atoms with Gasteiger partial charge in [0.2, 0.25) is 0 Å². The molecular formula is C9H15NO4. The number of carbonyl (C=O) groups is 2. The van der Waals surface area contributed by atoms with Crippen LogP contribution < -0.4 is 5.32 Å². The number of carbonyl (C=O) groups excluding carboxylic acids is 1. The van der Waals surface area contributed by atoms with E-state index in [1.165, 1.54) is 0 Å². The molecule has 0 heterocycles. The molecule has 0 aromatic rings. The molecule has 0 aliphatic rings. The maximum absolute atomic E-state index is 10.3. The predicted octanol–water partition coefficient (Wildman–Crippen LogP) is 0.192. The minimum Gasteiger partial charge on any atom is -0.478 e. The quantitative estimate of drug-likeness (QED) is 0.377. The van der Waals surface area contributed by atoms with Crippen LogP contribution in [-0.2, 0) is 14.3 Å². The van der Waals surface area contributed by atoms with Crippen LogP contribution >= 0.6 is 0 Å². The standard InChI is InChI=1S/C6H11NO2.C3H4O2/c1-3-6(8)9-5-4-7-2;1-2-3(4)5/h3,7H,1,4-5H2,2H3;2H,1H2,(H,4,5). The number of esters is 1. The van der Waals surface area contributed by atoms with Crippen LogP contribution in [0.4, 0.5) is 0 Å². The number of carboxylic acids is 1. The van der Waals surface area contributed by atoms with Crippen molar-refractivity contribution in [2.45, 2.75) is 0 Å². The second-order valence-corrected chi connectivity index (χ2v) is 2.02. The van der Waals surface area contributed by atoms with Crippen molar-refractivity contribution in [3.63, 3.8) is 0 Å². The lowest BCUT2D eigenvalue weighted by Gasteiger charge is -1.98. The lowest BCUT2D eigenvalue weighted by Crippen LogP contribution is -2.16. The summed E-state index contributed by atoms with van der Waals surface area (Å²) in [6.45, 7) is 7.29. The van der Waals surface area contributed by atoms with Gasteiger partial charge in [-0.25, -0.2) is 9.59 Å². The summed E-state index contributed by atoms with van der Waals surface area (Å²) < 4.78 is 4.61. The Hall–Kier alpha value is -1.62. The zero-order valence-corrected chi connectivity index (χ0v) is 8.16. The summed E-state index contributed by atoms with van der Waals surface area (Å²) in [6.07, 6.45) is 1.98. The van der Waals surface area contributed by atoms with Crippen LogP contribution in [0.2, 0.25) is 0 Å². The summed E-state index contributed by atoms with van der Waals surface area (Å²) in [5, 5.41) is 10.4. The van der Waals surface area contributed by atoms with Crippen molar-refractivity contribution in [1.82, 2.24) is 5.32 Å². The van der Waals surface area contributed by atoms with E-state index in [0.29, 0.717) is 13.2 Å². The van der Waals surface area contributed by atoms with Gasteiger partial charge in [-0.15, -0.1) is 0 Å². The predicted molar refractivity (Wildman–Crippen MR) is 52.9 cm³/mol. The number of carboxylic acid groups (broad SMARTS) is 1. The Bertz CT molecular complexity index is 201. The number of nitrogens with one attached hydrogen (secondary N) is 1. The molecule has 0 radical (unpaired) electrons. The van der Waals surface area contributed by atoms with Gasteiger partial charge in [0.25, 0.3) is 0 Å². The Morgan fingerprint density at radius 1 is 1.43 bits per heavy atom. The van der Waals surface area contributed by atoms with Gasteiger partial charge in [-0.2, -0.15) is 0 Å². The van der Waals surface area contributed by atoms with E-state index >= 15 is 0 Å². The average molecular weight is 201 g/mol. The summed E-state index contributed by atoms with van der Waals surface area (Å²) in [4.78, 5) is 19.6. The third-order valence-corrected chi connectivity index (χ3v) is 0.938. The van der Waals surface area contributed by atoms with Gasteiger partial charge in [0, 0.05) is 18.7 Å². The summed E-state index contributed by atoms with van der Waals surface area (Å²) in [6, 6.07) is 0. The van der Waals surface area contributed by atoms with E-state index < -0.39 is 5.97 Å². The molecule has 14 heavy (non-hydrogen) atoms. The third kappa shape index (κ3) is 16.8. The van der Waals surface area contributed by atoms with Gasteiger partial charge in [0.05, 0.1) is 0 Å². The first-order valence-electron chi connectivity index (χ1n) is 3.87. The highest BCUT2D eigenvalue weighted by molar-refractivity contribution is 5.81. The first kappa shape index (κ1) is 14.9. The van der Waals surface area contributed by atoms with Gasteiger partial charge in [-0.1, -0.05) is 13.2 Å². The molecule has 0 unspecified atom stereocenters. The van der Waals surface area contributed by atoms with Crippen molar-refractivity contribution in [3.05, 3.63) is 25.3 Å². The van der Waals surface area contributed by atoms with Gasteiger partial charge in [-0.05, 0) is 7.05 Å². The molecule has 0 aliphatic carbocycles. The Kier molecular flexibility index (Phi) is 12.1. The second-order valence-electron chi connectivity index (χ2n) is 2.02. The van der Waals surface area contributed by atoms with Gasteiger partial charge < -0.3 is 15.2 Å². The lowest BCUT2D eigenvalue weighted by atomic mass is 10.6. The number of hydrogen-bond donors (Lipinski definition) is 2. The van der Waals surface area contributed by atoms with Gasteiger partial charge >= 0.3 is 11.9 Å². The molecule has 0 fully saturated rings. The van der Waals surface area contributed by atoms with E-state index in [0.717, 1.165) is 12.2 Å². The molecule has 0 rings (SSSR count). The van der Waals surface area contributed by atoms with Crippen molar-refractivity contribution in [1.29, 1.82) is 0 Å². The minimum atomic E-state index is -0.981. The van der Waals surface area contributed by atoms with Crippen LogP contribution in [0.5, 0.6) is 0 Å². The molecule has 5 heteroatoms. The molecule has 0 saturated carbocycles. The van der Waals surface area contributed by atoms with E-state index in [1.807, 2.05) is 0 Å². The molecule has 0 saturated heterocycles. The van der Waals surface area contributed by atoms with Crippen LogP contribution in [0.25, 0.3) is 0 Å². The second kappa shape index (κ2) is 11.4. The smallest absolute Gasteiger partial charge is 0.330 e. The Balaban J connectivity index is 0. The molecule has 0 aromatic carbocycles. The van der Waals surface area contributed by atoms with E-state index in [1.54, 1.807) is 7.05 Å². The van der Waals surface area contributed by atoms with Crippen LogP contribution in [-0.4, -0.2) is 37.2 Å². The number of rotatable bonds is 5. The zero-order chi connectivity index (χ0) is 11.4. The van der Waals surface area contributed by atoms with Crippen molar-refractivity contribution in [2.24, 2.45) is 0 Å². The first-order valence-corrected chi connectivity index (χ1v) is 3.87. The molecular weight excluding hydrogens is 186 g/mol. The van der Waals surface area contributed by atoms with Gasteiger partial charge in [0.15, 0.2) is 0 Å². The normalized spacial score (nSPS) is 7.79. The van der Waals surface area contributed by atoms with Gasteiger partial charge in [0.1, 0.15) is 6.61 Å². The summed E-state index contributed by atoms with van der Waals surface area (Å²) >= 11 is 0. The van der Waals surface area contributed by atoms with Crippen LogP contribution in [0, 0.1) is 0 Å². The third-order valence-electron chi connectivity index (χ3n) is 0.938. The number of ether oxygens (including phenoxy) is 1. The molecule has 80 valence electrons. The van der Waals surface area contributed by atoms with Crippen molar-refractivity contribution in [3.8, 4) is 0 Å². The lowest BCUT2D eigenvalue weighted by molar-refractivity contribution is -0.137. The van der Waals surface area contributed by atoms with Crippen molar-refractivity contribution < 1.29 is 19.4 Å². The van der Waals surface area contributed by atoms with Crippen LogP contribution in [0.15, 0.2) is 25.3 Å². The van der Waals surface area contributed by atoms with Crippen molar-refractivity contribution in [2.75, 3.05) is 20.2 Å². The van der Waals surface area contributed by atoms with E-state index in [2.05, 4.69) is 23.2 Å². The number of likely N-dealkylation sites (N-methyl/N-ethyl adjacent to an activating group) is 1. The maximum atomic E-state index is 10.3. The minimum absolute atomic E-state index is 0.370. The summed E-state index contributed by atoms with van der Waals surface area (Å²) in [7, 11) is 1.79. The monoisotopic (exact) mass is 201 g/mol. The van der Waals surface area contributed by atoms with Gasteiger partial charge in [-0.3, -0.25) is 0 Å². The highest BCUT2D eigenvalue weighted by Gasteiger charge is 1.90. The Morgan fingerprint density at radius 2 is 1.93 bits per heavy atom. The Morgan fingerprint density at radius 3 is 2.21 bits per heavy atom. The van der Waals surface area contributed by atoms with Crippen LogP contribution in [0.1, 0.15) is 0 Å². The highest BCUT2D eigenvalue weighted by atomic mass is 16.5. The average Bonchev–Trinajstić information content (AvgIpc) is 2.19. The highest BCUT2D eigenvalue weighted by Crippen LogP contribution is 1.75.